The van der Waals surface area contributed by atoms with E-state index in [4.69, 9.17) is 16.3 Å². The van der Waals surface area contributed by atoms with Crippen LogP contribution in [0.25, 0.3) is 0 Å². The van der Waals surface area contributed by atoms with E-state index in [-0.39, 0.29) is 6.10 Å². The van der Waals surface area contributed by atoms with Crippen LogP contribution in [0, 0.1) is 0 Å². The van der Waals surface area contributed by atoms with Crippen LogP contribution in [0.1, 0.15) is 31.4 Å². The molecule has 1 unspecified atom stereocenters. The van der Waals surface area contributed by atoms with Crippen LogP contribution in [-0.2, 0) is 5.60 Å². The summed E-state index contributed by atoms with van der Waals surface area (Å²) in [5, 5.41) is 11.3. The third-order valence-corrected chi connectivity index (χ3v) is 3.59. The van der Waals surface area contributed by atoms with E-state index in [0.29, 0.717) is 18.1 Å². The predicted octanol–water partition coefficient (Wildman–Crippen LogP) is 4.34. The second-order valence-corrected chi connectivity index (χ2v) is 5.71. The van der Waals surface area contributed by atoms with Gasteiger partial charge < -0.3 is 9.84 Å². The molecule has 0 saturated heterocycles. The van der Waals surface area contributed by atoms with Crippen LogP contribution in [0.4, 0.5) is 0 Å². The van der Waals surface area contributed by atoms with Gasteiger partial charge in [0.25, 0.3) is 0 Å². The zero-order valence-electron chi connectivity index (χ0n) is 12.4. The van der Waals surface area contributed by atoms with Gasteiger partial charge in [0.05, 0.1) is 6.10 Å². The Kier molecular flexibility index (Phi) is 5.27. The molecule has 112 valence electrons. The number of hydrogen-bond acceptors (Lipinski definition) is 2. The van der Waals surface area contributed by atoms with Crippen molar-refractivity contribution in [3.8, 4) is 5.75 Å². The van der Waals surface area contributed by atoms with Crippen molar-refractivity contribution in [2.24, 2.45) is 0 Å². The first-order chi connectivity index (χ1) is 10.1. The molecule has 21 heavy (non-hydrogen) atoms. The number of halogens is 1. The molecular formula is C18H21ClO2. The molecule has 0 aliphatic heterocycles. The molecule has 2 aromatic rings. The summed E-state index contributed by atoms with van der Waals surface area (Å²) < 4.78 is 5.86. The molecule has 0 fully saturated rings. The Hall–Kier alpha value is -1.51. The topological polar surface area (TPSA) is 29.5 Å². The van der Waals surface area contributed by atoms with Crippen LogP contribution in [-0.4, -0.2) is 17.1 Å². The Morgan fingerprint density at radius 1 is 1.05 bits per heavy atom. The van der Waals surface area contributed by atoms with Gasteiger partial charge in [0.15, 0.2) is 0 Å². The average molecular weight is 305 g/mol. The van der Waals surface area contributed by atoms with E-state index in [0.717, 1.165) is 11.1 Å². The minimum Gasteiger partial charge on any atom is -0.491 e. The quantitative estimate of drug-likeness (QED) is 0.805. The van der Waals surface area contributed by atoms with Gasteiger partial charge in [-0.2, -0.15) is 0 Å². The van der Waals surface area contributed by atoms with Crippen molar-refractivity contribution < 1.29 is 9.84 Å². The molecule has 0 aliphatic rings. The van der Waals surface area contributed by atoms with Crippen molar-refractivity contribution in [3.63, 3.8) is 0 Å². The molecule has 0 radical (unpaired) electrons. The first-order valence-electron chi connectivity index (χ1n) is 7.18. The minimum absolute atomic E-state index is 0.0437. The molecule has 0 heterocycles. The van der Waals surface area contributed by atoms with Crippen molar-refractivity contribution in [2.45, 2.75) is 32.0 Å². The standard InChI is InChI=1S/C18H21ClO2/c1-14(2)21-17-11-7-6-10-16(17)18(20,12-13-19)15-8-4-3-5-9-15/h3-11,14,20H,12-13H2,1-2H3. The smallest absolute Gasteiger partial charge is 0.126 e. The second kappa shape index (κ2) is 6.97. The van der Waals surface area contributed by atoms with Crippen LogP contribution in [0.2, 0.25) is 0 Å². The molecule has 0 saturated carbocycles. The Morgan fingerprint density at radius 2 is 1.67 bits per heavy atom. The van der Waals surface area contributed by atoms with Gasteiger partial charge in [-0.1, -0.05) is 48.5 Å². The van der Waals surface area contributed by atoms with E-state index >= 15 is 0 Å². The summed E-state index contributed by atoms with van der Waals surface area (Å²) >= 11 is 5.94. The van der Waals surface area contributed by atoms with Crippen molar-refractivity contribution in [2.75, 3.05) is 5.88 Å². The van der Waals surface area contributed by atoms with Gasteiger partial charge in [0.2, 0.25) is 0 Å². The van der Waals surface area contributed by atoms with E-state index in [9.17, 15) is 5.11 Å². The highest BCUT2D eigenvalue weighted by Gasteiger charge is 2.33. The van der Waals surface area contributed by atoms with E-state index in [1.807, 2.05) is 68.4 Å². The largest absolute Gasteiger partial charge is 0.491 e. The molecule has 0 spiro atoms. The van der Waals surface area contributed by atoms with E-state index in [1.165, 1.54) is 0 Å². The SMILES string of the molecule is CC(C)Oc1ccccc1C(O)(CCCl)c1ccccc1. The zero-order valence-corrected chi connectivity index (χ0v) is 13.2. The summed E-state index contributed by atoms with van der Waals surface area (Å²) in [6, 6.07) is 17.2. The fourth-order valence-corrected chi connectivity index (χ4v) is 2.72. The summed E-state index contributed by atoms with van der Waals surface area (Å²) in [5.74, 6) is 1.06. The van der Waals surface area contributed by atoms with Gasteiger partial charge in [-0.15, -0.1) is 11.6 Å². The Balaban J connectivity index is 2.53. The number of aliphatic hydroxyl groups is 1. The summed E-state index contributed by atoms with van der Waals surface area (Å²) in [6.07, 6.45) is 0.471. The maximum Gasteiger partial charge on any atom is 0.126 e. The van der Waals surface area contributed by atoms with Crippen LogP contribution in [0.3, 0.4) is 0 Å². The number of para-hydroxylation sites is 1. The lowest BCUT2D eigenvalue weighted by Crippen LogP contribution is -2.29. The Labute approximate surface area is 131 Å². The maximum atomic E-state index is 11.3. The maximum absolute atomic E-state index is 11.3. The molecular weight excluding hydrogens is 284 g/mol. The molecule has 3 heteroatoms. The average Bonchev–Trinajstić information content (AvgIpc) is 2.48. The van der Waals surface area contributed by atoms with Crippen LogP contribution in [0.5, 0.6) is 5.75 Å². The molecule has 0 aliphatic carbocycles. The van der Waals surface area contributed by atoms with E-state index in [2.05, 4.69) is 0 Å². The zero-order chi connectivity index (χ0) is 15.3. The number of benzene rings is 2. The number of rotatable bonds is 6. The normalized spacial score (nSPS) is 14.0. The van der Waals surface area contributed by atoms with Crippen LogP contribution in [0.15, 0.2) is 54.6 Å². The lowest BCUT2D eigenvalue weighted by atomic mass is 9.83. The fourth-order valence-electron chi connectivity index (χ4n) is 2.45. The third kappa shape index (κ3) is 3.58. The molecule has 2 rings (SSSR count). The summed E-state index contributed by atoms with van der Waals surface area (Å²) in [4.78, 5) is 0. The third-order valence-electron chi connectivity index (χ3n) is 3.40. The fraction of sp³-hybridized carbons (Fsp3) is 0.333. The molecule has 1 N–H and O–H groups in total. The predicted molar refractivity (Wildman–Crippen MR) is 87.0 cm³/mol. The first kappa shape index (κ1) is 15.9. The van der Waals surface area contributed by atoms with Gasteiger partial charge in [-0.05, 0) is 31.9 Å². The number of ether oxygens (including phenoxy) is 1. The van der Waals surface area contributed by atoms with E-state index in [1.54, 1.807) is 0 Å². The van der Waals surface area contributed by atoms with Gasteiger partial charge in [-0.25, -0.2) is 0 Å². The molecule has 2 nitrogen and oxygen atoms in total. The summed E-state index contributed by atoms with van der Waals surface area (Å²) in [7, 11) is 0. The Bertz CT molecular complexity index is 568. The lowest BCUT2D eigenvalue weighted by Gasteiger charge is -2.31. The van der Waals surface area contributed by atoms with Gasteiger partial charge >= 0.3 is 0 Å². The molecule has 0 amide bonds. The molecule has 2 aromatic carbocycles. The highest BCUT2D eigenvalue weighted by molar-refractivity contribution is 6.17. The summed E-state index contributed by atoms with van der Waals surface area (Å²) in [5.41, 5.74) is 0.435. The van der Waals surface area contributed by atoms with Gasteiger partial charge in [0.1, 0.15) is 11.4 Å². The van der Waals surface area contributed by atoms with Crippen molar-refractivity contribution in [3.05, 3.63) is 65.7 Å². The van der Waals surface area contributed by atoms with E-state index < -0.39 is 5.60 Å². The van der Waals surface area contributed by atoms with Crippen molar-refractivity contribution in [1.29, 1.82) is 0 Å². The highest BCUT2D eigenvalue weighted by atomic mass is 35.5. The van der Waals surface area contributed by atoms with Crippen molar-refractivity contribution >= 4 is 11.6 Å². The number of hydrogen-bond donors (Lipinski definition) is 1. The monoisotopic (exact) mass is 304 g/mol. The van der Waals surface area contributed by atoms with Crippen LogP contribution >= 0.6 is 11.6 Å². The molecule has 0 bridgehead atoms. The van der Waals surface area contributed by atoms with Gasteiger partial charge in [0, 0.05) is 11.4 Å². The first-order valence-corrected chi connectivity index (χ1v) is 7.71. The second-order valence-electron chi connectivity index (χ2n) is 5.33. The number of alkyl halides is 1. The Morgan fingerprint density at radius 3 is 2.29 bits per heavy atom. The highest BCUT2D eigenvalue weighted by Crippen LogP contribution is 2.38. The summed E-state index contributed by atoms with van der Waals surface area (Å²) in [6.45, 7) is 3.94. The van der Waals surface area contributed by atoms with Crippen molar-refractivity contribution in [1.82, 2.24) is 0 Å². The minimum atomic E-state index is -1.14. The van der Waals surface area contributed by atoms with Crippen LogP contribution < -0.4 is 4.74 Å². The molecule has 0 aromatic heterocycles. The molecule has 1 atom stereocenters. The lowest BCUT2D eigenvalue weighted by molar-refractivity contribution is 0.0722. The van der Waals surface area contributed by atoms with Gasteiger partial charge in [-0.3, -0.25) is 0 Å².